The highest BCUT2D eigenvalue weighted by atomic mass is 19.3. The second-order valence-corrected chi connectivity index (χ2v) is 4.16. The lowest BCUT2D eigenvalue weighted by molar-refractivity contribution is -0.121. The molecular weight excluding hydrogens is 244 g/mol. The Kier molecular flexibility index (Phi) is 4.77. The third-order valence-corrected chi connectivity index (χ3v) is 2.80. The molecule has 0 spiro atoms. The first-order valence-electron chi connectivity index (χ1n) is 5.55. The second-order valence-electron chi connectivity index (χ2n) is 4.16. The summed E-state index contributed by atoms with van der Waals surface area (Å²) in [5.74, 6) is -0.408. The van der Waals surface area contributed by atoms with Crippen LogP contribution >= 0.6 is 0 Å². The predicted molar refractivity (Wildman–Crippen MR) is 61.4 cm³/mol. The minimum absolute atomic E-state index is 0.0709. The van der Waals surface area contributed by atoms with Crippen LogP contribution in [0.15, 0.2) is 0 Å². The van der Waals surface area contributed by atoms with E-state index in [9.17, 15) is 13.6 Å². The highest BCUT2D eigenvalue weighted by Gasteiger charge is 2.18. The SMILES string of the molecule is Cc1nn(C)c(C)c1CC(=O)NCC(O)C(F)F. The summed E-state index contributed by atoms with van der Waals surface area (Å²) in [6.45, 7) is 3.16. The van der Waals surface area contributed by atoms with Crippen molar-refractivity contribution in [3.63, 3.8) is 0 Å². The molecule has 0 aliphatic rings. The molecule has 1 unspecified atom stereocenters. The Balaban J connectivity index is 2.55. The topological polar surface area (TPSA) is 67.2 Å². The van der Waals surface area contributed by atoms with Gasteiger partial charge >= 0.3 is 0 Å². The highest BCUT2D eigenvalue weighted by molar-refractivity contribution is 5.79. The molecule has 102 valence electrons. The van der Waals surface area contributed by atoms with E-state index in [-0.39, 0.29) is 6.42 Å². The summed E-state index contributed by atoms with van der Waals surface area (Å²) in [4.78, 5) is 11.5. The summed E-state index contributed by atoms with van der Waals surface area (Å²) in [6.07, 6.45) is -4.61. The molecule has 1 amide bonds. The van der Waals surface area contributed by atoms with E-state index in [1.807, 2.05) is 6.92 Å². The number of aromatic nitrogens is 2. The number of aliphatic hydroxyl groups is 1. The van der Waals surface area contributed by atoms with Crippen molar-refractivity contribution in [2.24, 2.45) is 7.05 Å². The van der Waals surface area contributed by atoms with Crippen molar-refractivity contribution in [2.75, 3.05) is 6.54 Å². The van der Waals surface area contributed by atoms with E-state index in [4.69, 9.17) is 5.11 Å². The molecule has 1 aromatic heterocycles. The van der Waals surface area contributed by atoms with Gasteiger partial charge in [-0.3, -0.25) is 9.48 Å². The number of nitrogens with one attached hydrogen (secondary N) is 1. The van der Waals surface area contributed by atoms with Crippen molar-refractivity contribution in [1.82, 2.24) is 15.1 Å². The first kappa shape index (κ1) is 14.6. The van der Waals surface area contributed by atoms with Gasteiger partial charge in [0.05, 0.1) is 12.1 Å². The van der Waals surface area contributed by atoms with E-state index < -0.39 is 25.0 Å². The smallest absolute Gasteiger partial charge is 0.265 e. The van der Waals surface area contributed by atoms with E-state index >= 15 is 0 Å². The first-order valence-corrected chi connectivity index (χ1v) is 5.55. The lowest BCUT2D eigenvalue weighted by atomic mass is 10.1. The van der Waals surface area contributed by atoms with Crippen molar-refractivity contribution in [3.8, 4) is 0 Å². The number of amides is 1. The molecule has 0 aliphatic carbocycles. The zero-order valence-corrected chi connectivity index (χ0v) is 10.6. The molecule has 0 bridgehead atoms. The van der Waals surface area contributed by atoms with Crippen LogP contribution in [0, 0.1) is 13.8 Å². The molecule has 5 nitrogen and oxygen atoms in total. The number of carbonyl (C=O) groups excluding carboxylic acids is 1. The number of nitrogens with zero attached hydrogens (tertiary/aromatic N) is 2. The van der Waals surface area contributed by atoms with Crippen LogP contribution in [0.5, 0.6) is 0 Å². The van der Waals surface area contributed by atoms with Crippen LogP contribution in [0.25, 0.3) is 0 Å². The van der Waals surface area contributed by atoms with Crippen LogP contribution in [0.1, 0.15) is 17.0 Å². The molecule has 1 rings (SSSR count). The van der Waals surface area contributed by atoms with Crippen LogP contribution in [0.2, 0.25) is 0 Å². The number of carbonyl (C=O) groups is 1. The summed E-state index contributed by atoms with van der Waals surface area (Å²) in [5.41, 5.74) is 2.37. The number of aryl methyl sites for hydroxylation is 2. The molecule has 2 N–H and O–H groups in total. The van der Waals surface area contributed by atoms with E-state index in [2.05, 4.69) is 10.4 Å². The van der Waals surface area contributed by atoms with Gasteiger partial charge in [0.15, 0.2) is 0 Å². The van der Waals surface area contributed by atoms with Gasteiger partial charge in [0.1, 0.15) is 6.10 Å². The molecule has 0 aromatic carbocycles. The van der Waals surface area contributed by atoms with Gasteiger partial charge in [-0.05, 0) is 13.8 Å². The molecule has 18 heavy (non-hydrogen) atoms. The van der Waals surface area contributed by atoms with Gasteiger partial charge in [-0.25, -0.2) is 8.78 Å². The van der Waals surface area contributed by atoms with Crippen molar-refractivity contribution < 1.29 is 18.7 Å². The molecule has 7 heteroatoms. The van der Waals surface area contributed by atoms with E-state index in [0.29, 0.717) is 0 Å². The Morgan fingerprint density at radius 1 is 1.50 bits per heavy atom. The minimum atomic E-state index is -2.85. The number of hydrogen-bond donors (Lipinski definition) is 2. The molecule has 0 saturated carbocycles. The normalized spacial score (nSPS) is 12.8. The monoisotopic (exact) mass is 261 g/mol. The van der Waals surface area contributed by atoms with E-state index in [1.54, 1.807) is 18.7 Å². The number of rotatable bonds is 5. The zero-order chi connectivity index (χ0) is 13.9. The van der Waals surface area contributed by atoms with E-state index in [0.717, 1.165) is 17.0 Å². The summed E-state index contributed by atoms with van der Waals surface area (Å²) in [6, 6.07) is 0. The second kappa shape index (κ2) is 5.90. The average Bonchev–Trinajstić information content (AvgIpc) is 2.52. The molecule has 1 aromatic rings. The summed E-state index contributed by atoms with van der Waals surface area (Å²) < 4.78 is 25.7. The fourth-order valence-electron chi connectivity index (χ4n) is 1.60. The van der Waals surface area contributed by atoms with Gasteiger partial charge in [0, 0.05) is 24.8 Å². The lowest BCUT2D eigenvalue weighted by Crippen LogP contribution is -2.36. The van der Waals surface area contributed by atoms with Crippen molar-refractivity contribution in [1.29, 1.82) is 0 Å². The fraction of sp³-hybridized carbons (Fsp3) is 0.636. The molecule has 0 aliphatic heterocycles. The van der Waals surface area contributed by atoms with Gasteiger partial charge in [0.2, 0.25) is 5.91 Å². The van der Waals surface area contributed by atoms with Crippen molar-refractivity contribution in [2.45, 2.75) is 32.8 Å². The van der Waals surface area contributed by atoms with Gasteiger partial charge in [0.25, 0.3) is 6.43 Å². The summed E-state index contributed by atoms with van der Waals surface area (Å²) >= 11 is 0. The zero-order valence-electron chi connectivity index (χ0n) is 10.6. The van der Waals surface area contributed by atoms with Crippen LogP contribution in [-0.2, 0) is 18.3 Å². The van der Waals surface area contributed by atoms with Crippen LogP contribution in [0.3, 0.4) is 0 Å². The Labute approximate surface area is 104 Å². The molecule has 0 radical (unpaired) electrons. The van der Waals surface area contributed by atoms with Gasteiger partial charge in [-0.15, -0.1) is 0 Å². The van der Waals surface area contributed by atoms with Gasteiger partial charge < -0.3 is 10.4 Å². The fourth-order valence-corrected chi connectivity index (χ4v) is 1.60. The predicted octanol–water partition coefficient (Wildman–Crippen LogP) is 0.322. The third kappa shape index (κ3) is 3.49. The largest absolute Gasteiger partial charge is 0.385 e. The minimum Gasteiger partial charge on any atom is -0.385 e. The van der Waals surface area contributed by atoms with Crippen molar-refractivity contribution >= 4 is 5.91 Å². The number of halogens is 2. The quantitative estimate of drug-likeness (QED) is 0.802. The Bertz CT molecular complexity index is 432. The molecular formula is C11H17F2N3O2. The maximum Gasteiger partial charge on any atom is 0.265 e. The van der Waals surface area contributed by atoms with Gasteiger partial charge in [-0.1, -0.05) is 0 Å². The van der Waals surface area contributed by atoms with Crippen molar-refractivity contribution in [3.05, 3.63) is 17.0 Å². The summed E-state index contributed by atoms with van der Waals surface area (Å²) in [5, 5.41) is 15.3. The maximum atomic E-state index is 12.0. The lowest BCUT2D eigenvalue weighted by Gasteiger charge is -2.10. The molecule has 0 saturated heterocycles. The average molecular weight is 261 g/mol. The Morgan fingerprint density at radius 3 is 2.56 bits per heavy atom. The van der Waals surface area contributed by atoms with E-state index in [1.165, 1.54) is 0 Å². The third-order valence-electron chi connectivity index (χ3n) is 2.80. The van der Waals surface area contributed by atoms with Gasteiger partial charge in [-0.2, -0.15) is 5.10 Å². The first-order chi connectivity index (χ1) is 8.32. The summed E-state index contributed by atoms with van der Waals surface area (Å²) in [7, 11) is 1.77. The Hall–Kier alpha value is -1.50. The maximum absolute atomic E-state index is 12.0. The molecule has 1 heterocycles. The molecule has 1 atom stereocenters. The standard InChI is InChI=1S/C11H17F2N3O2/c1-6-8(7(2)16(3)15-6)4-10(18)14-5-9(17)11(12)13/h9,11,17H,4-5H2,1-3H3,(H,14,18). The van der Waals surface area contributed by atoms with Crippen LogP contribution < -0.4 is 5.32 Å². The number of hydrogen-bond acceptors (Lipinski definition) is 3. The number of aliphatic hydroxyl groups excluding tert-OH is 1. The number of alkyl halides is 2. The van der Waals surface area contributed by atoms with Crippen LogP contribution in [-0.4, -0.2) is 39.9 Å². The molecule has 0 fully saturated rings. The highest BCUT2D eigenvalue weighted by Crippen LogP contribution is 2.12. The van der Waals surface area contributed by atoms with Crippen LogP contribution in [0.4, 0.5) is 8.78 Å². The Morgan fingerprint density at radius 2 is 2.11 bits per heavy atom.